The molecule has 0 amide bonds. The van der Waals surface area contributed by atoms with Crippen molar-refractivity contribution in [3.63, 3.8) is 0 Å². The van der Waals surface area contributed by atoms with E-state index in [9.17, 15) is 9.59 Å². The SMILES string of the molecule is O=C1CCCCCCCCC(=O)OCCCCCCCCCCCCCCCCO1. The minimum atomic E-state index is -0.0362. The van der Waals surface area contributed by atoms with Crippen LogP contribution in [-0.4, -0.2) is 25.2 Å². The van der Waals surface area contributed by atoms with Gasteiger partial charge in [0.2, 0.25) is 0 Å². The van der Waals surface area contributed by atoms with E-state index in [2.05, 4.69) is 0 Å². The van der Waals surface area contributed by atoms with Gasteiger partial charge in [-0.3, -0.25) is 9.59 Å². The number of hydrogen-bond donors (Lipinski definition) is 0. The molecule has 30 heavy (non-hydrogen) atoms. The Bertz CT molecular complexity index is 370. The Morgan fingerprint density at radius 2 is 0.567 bits per heavy atom. The predicted molar refractivity (Wildman–Crippen MR) is 123 cm³/mol. The standard InChI is InChI=1S/C26H48O4/c27-25-21-17-13-9-10-14-18-22-26(28)30-24-20-16-12-8-6-4-2-1-3-5-7-11-15-19-23-29-25/h1-24H2. The molecule has 176 valence electrons. The van der Waals surface area contributed by atoms with E-state index in [4.69, 9.17) is 9.47 Å². The van der Waals surface area contributed by atoms with Gasteiger partial charge < -0.3 is 9.47 Å². The van der Waals surface area contributed by atoms with Crippen LogP contribution in [0.4, 0.5) is 0 Å². The first-order valence-corrected chi connectivity index (χ1v) is 13.1. The van der Waals surface area contributed by atoms with Crippen molar-refractivity contribution >= 4 is 11.9 Å². The van der Waals surface area contributed by atoms with E-state index in [1.807, 2.05) is 0 Å². The second-order valence-corrected chi connectivity index (χ2v) is 9.01. The van der Waals surface area contributed by atoms with E-state index in [0.29, 0.717) is 26.1 Å². The van der Waals surface area contributed by atoms with Crippen LogP contribution in [-0.2, 0) is 19.1 Å². The van der Waals surface area contributed by atoms with Crippen LogP contribution in [0.25, 0.3) is 0 Å². The van der Waals surface area contributed by atoms with Crippen molar-refractivity contribution in [2.24, 2.45) is 0 Å². The lowest BCUT2D eigenvalue weighted by atomic mass is 10.0. The van der Waals surface area contributed by atoms with E-state index >= 15 is 0 Å². The molecule has 0 aromatic rings. The molecule has 1 aliphatic heterocycles. The molecule has 0 spiro atoms. The van der Waals surface area contributed by atoms with Crippen molar-refractivity contribution in [2.45, 2.75) is 141 Å². The third kappa shape index (κ3) is 18.9. The number of ether oxygens (including phenoxy) is 2. The molecule has 1 aliphatic rings. The quantitative estimate of drug-likeness (QED) is 0.374. The van der Waals surface area contributed by atoms with Gasteiger partial charge >= 0.3 is 11.9 Å². The molecular weight excluding hydrogens is 376 g/mol. The minimum absolute atomic E-state index is 0.0362. The summed E-state index contributed by atoms with van der Waals surface area (Å²) >= 11 is 0. The second kappa shape index (κ2) is 21.2. The van der Waals surface area contributed by atoms with E-state index in [0.717, 1.165) is 51.4 Å². The van der Waals surface area contributed by atoms with Gasteiger partial charge in [-0.25, -0.2) is 0 Å². The van der Waals surface area contributed by atoms with E-state index in [1.54, 1.807) is 0 Å². The molecule has 1 rings (SSSR count). The highest BCUT2D eigenvalue weighted by atomic mass is 16.5. The first kappa shape index (κ1) is 27.0. The molecule has 0 N–H and O–H groups in total. The van der Waals surface area contributed by atoms with E-state index in [1.165, 1.54) is 77.0 Å². The summed E-state index contributed by atoms with van der Waals surface area (Å²) in [4.78, 5) is 23.5. The second-order valence-electron chi connectivity index (χ2n) is 9.01. The molecule has 1 heterocycles. The van der Waals surface area contributed by atoms with Crippen molar-refractivity contribution in [1.82, 2.24) is 0 Å². The Balaban J connectivity index is 2.13. The molecular formula is C26H48O4. The van der Waals surface area contributed by atoms with E-state index < -0.39 is 0 Å². The molecule has 4 heteroatoms. The van der Waals surface area contributed by atoms with Crippen LogP contribution in [0.2, 0.25) is 0 Å². The third-order valence-corrected chi connectivity index (χ3v) is 6.08. The largest absolute Gasteiger partial charge is 0.466 e. The Morgan fingerprint density at radius 3 is 0.867 bits per heavy atom. The van der Waals surface area contributed by atoms with Gasteiger partial charge in [0.1, 0.15) is 0 Å². The molecule has 4 nitrogen and oxygen atoms in total. The van der Waals surface area contributed by atoms with Crippen LogP contribution < -0.4 is 0 Å². The predicted octanol–water partition coefficient (Wildman–Crippen LogP) is 7.67. The molecule has 0 aromatic carbocycles. The Labute approximate surface area is 185 Å². The molecule has 1 fully saturated rings. The van der Waals surface area contributed by atoms with Crippen LogP contribution in [0, 0.1) is 0 Å². The van der Waals surface area contributed by atoms with Gasteiger partial charge in [0.15, 0.2) is 0 Å². The van der Waals surface area contributed by atoms with E-state index in [-0.39, 0.29) is 11.9 Å². The molecule has 0 atom stereocenters. The highest BCUT2D eigenvalue weighted by Crippen LogP contribution is 2.14. The van der Waals surface area contributed by atoms with Crippen molar-refractivity contribution in [3.8, 4) is 0 Å². The Morgan fingerprint density at radius 1 is 0.333 bits per heavy atom. The topological polar surface area (TPSA) is 52.6 Å². The molecule has 0 saturated carbocycles. The smallest absolute Gasteiger partial charge is 0.305 e. The summed E-state index contributed by atoms with van der Waals surface area (Å²) in [6.07, 6.45) is 25.0. The van der Waals surface area contributed by atoms with Gasteiger partial charge in [-0.15, -0.1) is 0 Å². The summed E-state index contributed by atoms with van der Waals surface area (Å²) in [5, 5.41) is 0. The highest BCUT2D eigenvalue weighted by molar-refractivity contribution is 5.69. The maximum Gasteiger partial charge on any atom is 0.305 e. The summed E-state index contributed by atoms with van der Waals surface area (Å²) in [7, 11) is 0. The van der Waals surface area contributed by atoms with Crippen LogP contribution in [0.3, 0.4) is 0 Å². The van der Waals surface area contributed by atoms with Crippen molar-refractivity contribution in [3.05, 3.63) is 0 Å². The number of carbonyl (C=O) groups excluding carboxylic acids is 2. The fourth-order valence-electron chi connectivity index (χ4n) is 4.09. The maximum absolute atomic E-state index is 11.8. The van der Waals surface area contributed by atoms with Crippen LogP contribution in [0.1, 0.15) is 141 Å². The summed E-state index contributed by atoms with van der Waals surface area (Å²) in [6, 6.07) is 0. The number of carbonyl (C=O) groups is 2. The Kier molecular flexibility index (Phi) is 19.0. The van der Waals surface area contributed by atoms with Gasteiger partial charge in [0, 0.05) is 12.8 Å². The van der Waals surface area contributed by atoms with Crippen LogP contribution >= 0.6 is 0 Å². The van der Waals surface area contributed by atoms with Crippen molar-refractivity contribution < 1.29 is 19.1 Å². The maximum atomic E-state index is 11.8. The van der Waals surface area contributed by atoms with Gasteiger partial charge in [0.05, 0.1) is 13.2 Å². The monoisotopic (exact) mass is 424 g/mol. The summed E-state index contributed by atoms with van der Waals surface area (Å²) < 4.78 is 10.7. The average molecular weight is 425 g/mol. The summed E-state index contributed by atoms with van der Waals surface area (Å²) in [6.45, 7) is 1.18. The van der Waals surface area contributed by atoms with Crippen LogP contribution in [0.15, 0.2) is 0 Å². The van der Waals surface area contributed by atoms with Gasteiger partial charge in [-0.2, -0.15) is 0 Å². The number of rotatable bonds is 0. The normalized spacial score (nSPS) is 22.8. The lowest BCUT2D eigenvalue weighted by Crippen LogP contribution is -2.06. The molecule has 0 bridgehead atoms. The van der Waals surface area contributed by atoms with Crippen LogP contribution in [0.5, 0.6) is 0 Å². The van der Waals surface area contributed by atoms with Gasteiger partial charge in [0.25, 0.3) is 0 Å². The lowest BCUT2D eigenvalue weighted by Gasteiger charge is -2.07. The summed E-state index contributed by atoms with van der Waals surface area (Å²) in [5.41, 5.74) is 0. The molecule has 0 radical (unpaired) electrons. The zero-order valence-corrected chi connectivity index (χ0v) is 19.6. The zero-order valence-electron chi connectivity index (χ0n) is 19.6. The van der Waals surface area contributed by atoms with Crippen molar-refractivity contribution in [1.29, 1.82) is 0 Å². The number of esters is 2. The number of hydrogen-bond acceptors (Lipinski definition) is 4. The third-order valence-electron chi connectivity index (χ3n) is 6.08. The number of cyclic esters (lactones) is 2. The fourth-order valence-corrected chi connectivity index (χ4v) is 4.09. The minimum Gasteiger partial charge on any atom is -0.466 e. The molecule has 1 saturated heterocycles. The lowest BCUT2D eigenvalue weighted by molar-refractivity contribution is -0.144. The first-order valence-electron chi connectivity index (χ1n) is 13.1. The molecule has 0 aromatic heterocycles. The zero-order chi connectivity index (χ0) is 21.5. The molecule has 0 unspecified atom stereocenters. The highest BCUT2D eigenvalue weighted by Gasteiger charge is 2.04. The van der Waals surface area contributed by atoms with Gasteiger partial charge in [-0.05, 0) is 25.7 Å². The Hall–Kier alpha value is -1.06. The molecule has 0 aliphatic carbocycles. The van der Waals surface area contributed by atoms with Gasteiger partial charge in [-0.1, -0.05) is 103 Å². The first-order chi connectivity index (χ1) is 14.8. The fraction of sp³-hybridized carbons (Fsp3) is 0.923. The summed E-state index contributed by atoms with van der Waals surface area (Å²) in [5.74, 6) is -0.0724. The average Bonchev–Trinajstić information content (AvgIpc) is 2.74. The van der Waals surface area contributed by atoms with Crippen molar-refractivity contribution in [2.75, 3.05) is 13.2 Å².